The molecule has 0 atom stereocenters. The van der Waals surface area contributed by atoms with E-state index in [1.165, 1.54) is 25.3 Å². The van der Waals surface area contributed by atoms with Crippen LogP contribution in [0.1, 0.15) is 10.4 Å². The molecule has 72 valence electrons. The Hall–Kier alpha value is -1.84. The molecular formula is C10H7FO3. The van der Waals surface area contributed by atoms with Crippen molar-refractivity contribution in [3.63, 3.8) is 0 Å². The van der Waals surface area contributed by atoms with Crippen LogP contribution in [0, 0.1) is 5.82 Å². The number of hydrogen-bond donors (Lipinski definition) is 0. The van der Waals surface area contributed by atoms with Crippen molar-refractivity contribution in [1.82, 2.24) is 0 Å². The lowest BCUT2D eigenvalue weighted by Gasteiger charge is -1.91. The van der Waals surface area contributed by atoms with Crippen LogP contribution in [0.3, 0.4) is 0 Å². The average molecular weight is 194 g/mol. The number of furan rings is 1. The number of benzene rings is 1. The van der Waals surface area contributed by atoms with Crippen molar-refractivity contribution >= 4 is 17.3 Å². The fourth-order valence-electron chi connectivity index (χ4n) is 1.33. The molecule has 4 heteroatoms. The fraction of sp³-hybridized carbons (Fsp3) is 0.100. The van der Waals surface area contributed by atoms with Crippen molar-refractivity contribution in [3.05, 3.63) is 29.6 Å². The predicted octanol–water partition coefficient (Wildman–Crippen LogP) is 2.39. The van der Waals surface area contributed by atoms with Gasteiger partial charge in [-0.15, -0.1) is 0 Å². The Labute approximate surface area is 79.1 Å². The Balaban J connectivity index is 2.81. The van der Waals surface area contributed by atoms with Gasteiger partial charge in [0.15, 0.2) is 6.29 Å². The van der Waals surface area contributed by atoms with Crippen molar-refractivity contribution in [2.75, 3.05) is 7.11 Å². The van der Waals surface area contributed by atoms with Crippen LogP contribution in [0.2, 0.25) is 0 Å². The van der Waals surface area contributed by atoms with E-state index in [-0.39, 0.29) is 11.5 Å². The molecule has 2 aromatic rings. The van der Waals surface area contributed by atoms with Crippen LogP contribution in [-0.4, -0.2) is 13.4 Å². The van der Waals surface area contributed by atoms with Crippen LogP contribution in [0.15, 0.2) is 22.6 Å². The Morgan fingerprint density at radius 2 is 2.29 bits per heavy atom. The first-order valence-corrected chi connectivity index (χ1v) is 3.97. The predicted molar refractivity (Wildman–Crippen MR) is 48.1 cm³/mol. The molecule has 0 radical (unpaired) electrons. The molecule has 0 bridgehead atoms. The van der Waals surface area contributed by atoms with Gasteiger partial charge in [-0.2, -0.15) is 0 Å². The maximum Gasteiger partial charge on any atom is 0.296 e. The topological polar surface area (TPSA) is 39.4 Å². The quantitative estimate of drug-likeness (QED) is 0.689. The number of rotatable bonds is 2. The average Bonchev–Trinajstić information content (AvgIpc) is 2.54. The Morgan fingerprint density at radius 1 is 1.50 bits per heavy atom. The third kappa shape index (κ3) is 1.16. The number of aldehydes is 1. The maximum absolute atomic E-state index is 12.9. The standard InChI is InChI=1S/C10H7FO3/c1-13-10-8(5-12)7-4-6(11)2-3-9(7)14-10/h2-5H,1H3. The summed E-state index contributed by atoms with van der Waals surface area (Å²) in [6.07, 6.45) is 0.587. The van der Waals surface area contributed by atoms with Crippen LogP contribution in [0.4, 0.5) is 4.39 Å². The molecule has 0 saturated heterocycles. The van der Waals surface area contributed by atoms with E-state index in [0.717, 1.165) is 0 Å². The molecule has 0 N–H and O–H groups in total. The summed E-state index contributed by atoms with van der Waals surface area (Å²) in [6, 6.07) is 3.96. The lowest BCUT2D eigenvalue weighted by molar-refractivity contribution is 0.111. The zero-order chi connectivity index (χ0) is 10.1. The van der Waals surface area contributed by atoms with E-state index in [0.29, 0.717) is 17.3 Å². The van der Waals surface area contributed by atoms with E-state index < -0.39 is 5.82 Å². The number of fused-ring (bicyclic) bond motifs is 1. The Bertz CT molecular complexity index is 487. The summed E-state index contributed by atoms with van der Waals surface area (Å²) in [5.74, 6) is -0.301. The smallest absolute Gasteiger partial charge is 0.296 e. The van der Waals surface area contributed by atoms with Crippen molar-refractivity contribution in [3.8, 4) is 5.95 Å². The largest absolute Gasteiger partial charge is 0.468 e. The lowest BCUT2D eigenvalue weighted by atomic mass is 10.2. The molecule has 2 rings (SSSR count). The number of ether oxygens (including phenoxy) is 1. The van der Waals surface area contributed by atoms with Crippen LogP contribution in [-0.2, 0) is 0 Å². The minimum absolute atomic E-state index is 0.112. The Morgan fingerprint density at radius 3 is 2.93 bits per heavy atom. The summed E-state index contributed by atoms with van der Waals surface area (Å²) in [5, 5.41) is 0.428. The summed E-state index contributed by atoms with van der Waals surface area (Å²) in [6.45, 7) is 0. The number of carbonyl (C=O) groups is 1. The van der Waals surface area contributed by atoms with E-state index in [9.17, 15) is 9.18 Å². The van der Waals surface area contributed by atoms with Crippen molar-refractivity contribution in [1.29, 1.82) is 0 Å². The highest BCUT2D eigenvalue weighted by molar-refractivity contribution is 5.98. The third-order valence-corrected chi connectivity index (χ3v) is 1.96. The molecule has 0 fully saturated rings. The summed E-state index contributed by atoms with van der Waals surface area (Å²) >= 11 is 0. The first kappa shape index (κ1) is 8.74. The van der Waals surface area contributed by atoms with Gasteiger partial charge >= 0.3 is 0 Å². The summed E-state index contributed by atoms with van der Waals surface area (Å²) < 4.78 is 22.9. The molecule has 0 unspecified atom stereocenters. The van der Waals surface area contributed by atoms with Gasteiger partial charge in [0.25, 0.3) is 5.95 Å². The van der Waals surface area contributed by atoms with Gasteiger partial charge in [-0.1, -0.05) is 0 Å². The van der Waals surface area contributed by atoms with Crippen molar-refractivity contribution in [2.24, 2.45) is 0 Å². The van der Waals surface area contributed by atoms with Gasteiger partial charge in [-0.3, -0.25) is 4.79 Å². The fourth-order valence-corrected chi connectivity index (χ4v) is 1.33. The van der Waals surface area contributed by atoms with E-state index in [2.05, 4.69) is 0 Å². The van der Waals surface area contributed by atoms with E-state index >= 15 is 0 Å². The third-order valence-electron chi connectivity index (χ3n) is 1.96. The Kier molecular flexibility index (Phi) is 1.96. The minimum Gasteiger partial charge on any atom is -0.468 e. The number of halogens is 1. The lowest BCUT2D eigenvalue weighted by Crippen LogP contribution is -1.85. The van der Waals surface area contributed by atoms with Crippen LogP contribution >= 0.6 is 0 Å². The van der Waals surface area contributed by atoms with Crippen LogP contribution < -0.4 is 4.74 Å². The second kappa shape index (κ2) is 3.14. The van der Waals surface area contributed by atoms with Crippen molar-refractivity contribution < 1.29 is 18.3 Å². The second-order valence-electron chi connectivity index (χ2n) is 2.77. The van der Waals surface area contributed by atoms with Gasteiger partial charge in [0.2, 0.25) is 0 Å². The molecule has 1 aromatic carbocycles. The zero-order valence-electron chi connectivity index (χ0n) is 7.41. The number of methoxy groups -OCH3 is 1. The summed E-state index contributed by atoms with van der Waals surface area (Å²) in [7, 11) is 1.39. The van der Waals surface area contributed by atoms with E-state index in [1.54, 1.807) is 0 Å². The van der Waals surface area contributed by atoms with Crippen LogP contribution in [0.25, 0.3) is 11.0 Å². The van der Waals surface area contributed by atoms with Crippen LogP contribution in [0.5, 0.6) is 5.95 Å². The highest BCUT2D eigenvalue weighted by atomic mass is 19.1. The molecule has 0 aliphatic rings. The molecule has 1 aromatic heterocycles. The zero-order valence-corrected chi connectivity index (χ0v) is 7.41. The molecule has 0 amide bonds. The van der Waals surface area contributed by atoms with Gasteiger partial charge in [0.1, 0.15) is 17.0 Å². The molecule has 0 spiro atoms. The molecule has 0 aliphatic heterocycles. The minimum atomic E-state index is -0.413. The monoisotopic (exact) mass is 194 g/mol. The van der Waals surface area contributed by atoms with Gasteiger partial charge in [-0.05, 0) is 18.2 Å². The molecule has 3 nitrogen and oxygen atoms in total. The van der Waals surface area contributed by atoms with Gasteiger partial charge < -0.3 is 9.15 Å². The summed E-state index contributed by atoms with van der Waals surface area (Å²) in [4.78, 5) is 10.7. The van der Waals surface area contributed by atoms with Crippen molar-refractivity contribution in [2.45, 2.75) is 0 Å². The first-order chi connectivity index (χ1) is 6.76. The molecule has 0 aliphatic carbocycles. The SMILES string of the molecule is COc1oc2ccc(F)cc2c1C=O. The second-order valence-corrected chi connectivity index (χ2v) is 2.77. The highest BCUT2D eigenvalue weighted by Crippen LogP contribution is 2.30. The molecule has 1 heterocycles. The van der Waals surface area contributed by atoms with E-state index in [1.807, 2.05) is 0 Å². The highest BCUT2D eigenvalue weighted by Gasteiger charge is 2.14. The normalized spacial score (nSPS) is 10.4. The van der Waals surface area contributed by atoms with Gasteiger partial charge in [0.05, 0.1) is 7.11 Å². The maximum atomic E-state index is 12.9. The first-order valence-electron chi connectivity index (χ1n) is 3.97. The van der Waals surface area contributed by atoms with Gasteiger partial charge in [0, 0.05) is 5.39 Å². The summed E-state index contributed by atoms with van der Waals surface area (Å²) in [5.41, 5.74) is 0.673. The van der Waals surface area contributed by atoms with E-state index in [4.69, 9.17) is 9.15 Å². The molecule has 0 saturated carbocycles. The molecular weight excluding hydrogens is 187 g/mol. The number of hydrogen-bond acceptors (Lipinski definition) is 3. The van der Waals surface area contributed by atoms with Gasteiger partial charge in [-0.25, -0.2) is 4.39 Å². The molecule has 14 heavy (non-hydrogen) atoms. The number of carbonyl (C=O) groups excluding carboxylic acids is 1.